The summed E-state index contributed by atoms with van der Waals surface area (Å²) in [6.45, 7) is 1.45. The number of aliphatic hydroxyl groups is 2. The molecule has 0 aromatic heterocycles. The molecule has 2 fully saturated rings. The monoisotopic (exact) mass is 285 g/mol. The van der Waals surface area contributed by atoms with Gasteiger partial charge in [-0.2, -0.15) is 0 Å². The van der Waals surface area contributed by atoms with Crippen LogP contribution in [0.2, 0.25) is 0 Å². The van der Waals surface area contributed by atoms with Crippen LogP contribution in [-0.4, -0.2) is 46.6 Å². The van der Waals surface area contributed by atoms with Crippen molar-refractivity contribution in [2.24, 2.45) is 11.3 Å². The molecule has 0 bridgehead atoms. The van der Waals surface area contributed by atoms with Gasteiger partial charge in [0.2, 0.25) is 0 Å². The van der Waals surface area contributed by atoms with Crippen LogP contribution in [-0.2, 0) is 4.79 Å². The smallest absolute Gasteiger partial charge is 0.306 e. The van der Waals surface area contributed by atoms with E-state index in [4.69, 9.17) is 5.11 Å². The Balaban J connectivity index is 1.75. The molecule has 5 nitrogen and oxygen atoms in total. The molecular weight excluding hydrogens is 258 g/mol. The average molecular weight is 285 g/mol. The number of carboxylic acids is 1. The first-order valence-corrected chi connectivity index (χ1v) is 7.75. The van der Waals surface area contributed by atoms with Gasteiger partial charge in [-0.1, -0.05) is 12.8 Å². The van der Waals surface area contributed by atoms with E-state index in [1.165, 1.54) is 12.8 Å². The molecule has 0 aromatic rings. The van der Waals surface area contributed by atoms with Gasteiger partial charge in [0.15, 0.2) is 0 Å². The molecule has 4 N–H and O–H groups in total. The van der Waals surface area contributed by atoms with E-state index >= 15 is 0 Å². The minimum atomic E-state index is -0.777. The molecule has 0 aromatic carbocycles. The molecular formula is C15H27NO4. The summed E-state index contributed by atoms with van der Waals surface area (Å²) in [5, 5.41) is 32.3. The molecule has 0 atom stereocenters. The summed E-state index contributed by atoms with van der Waals surface area (Å²) in [4.78, 5) is 10.9. The van der Waals surface area contributed by atoms with Gasteiger partial charge in [-0.05, 0) is 38.5 Å². The topological polar surface area (TPSA) is 89.8 Å². The second-order valence-electron chi connectivity index (χ2n) is 6.81. The Hall–Kier alpha value is -0.650. The van der Waals surface area contributed by atoms with E-state index < -0.39 is 11.6 Å². The van der Waals surface area contributed by atoms with E-state index in [1.54, 1.807) is 0 Å². The summed E-state index contributed by atoms with van der Waals surface area (Å²) >= 11 is 0. The summed E-state index contributed by atoms with van der Waals surface area (Å²) in [7, 11) is 0. The van der Waals surface area contributed by atoms with E-state index in [1.807, 2.05) is 0 Å². The van der Waals surface area contributed by atoms with Crippen molar-refractivity contribution in [1.82, 2.24) is 5.32 Å². The van der Waals surface area contributed by atoms with Crippen LogP contribution in [0.4, 0.5) is 0 Å². The van der Waals surface area contributed by atoms with Gasteiger partial charge in [-0.15, -0.1) is 0 Å². The fraction of sp³-hybridized carbons (Fsp3) is 0.933. The van der Waals surface area contributed by atoms with Crippen molar-refractivity contribution in [3.05, 3.63) is 0 Å². The number of nitrogens with one attached hydrogen (secondary N) is 1. The summed E-state index contributed by atoms with van der Waals surface area (Å²) in [6.07, 6.45) is 6.65. The minimum Gasteiger partial charge on any atom is -0.481 e. The highest BCUT2D eigenvalue weighted by atomic mass is 16.4. The molecule has 20 heavy (non-hydrogen) atoms. The molecule has 0 heterocycles. The van der Waals surface area contributed by atoms with Gasteiger partial charge in [0.1, 0.15) is 0 Å². The van der Waals surface area contributed by atoms with E-state index in [9.17, 15) is 15.0 Å². The minimum absolute atomic E-state index is 0.00533. The summed E-state index contributed by atoms with van der Waals surface area (Å²) in [5.74, 6) is -1.04. The lowest BCUT2D eigenvalue weighted by Gasteiger charge is -2.36. The van der Waals surface area contributed by atoms with Crippen molar-refractivity contribution in [2.75, 3.05) is 19.7 Å². The molecule has 0 unspecified atom stereocenters. The maximum atomic E-state index is 10.9. The van der Waals surface area contributed by atoms with Crippen LogP contribution in [0.25, 0.3) is 0 Å². The first-order chi connectivity index (χ1) is 9.49. The van der Waals surface area contributed by atoms with Gasteiger partial charge in [0.05, 0.1) is 11.5 Å². The highest BCUT2D eigenvalue weighted by Crippen LogP contribution is 2.37. The standard InChI is InChI=1S/C15H27NO4/c17-11-14(5-1-2-6-14)9-16-10-15(20)7-3-12(4-8-15)13(18)19/h12,16-17,20H,1-11H2,(H,18,19). The van der Waals surface area contributed by atoms with Crippen LogP contribution >= 0.6 is 0 Å². The zero-order valence-electron chi connectivity index (χ0n) is 12.1. The zero-order chi connectivity index (χ0) is 14.6. The molecule has 116 valence electrons. The number of hydrogen-bond acceptors (Lipinski definition) is 4. The van der Waals surface area contributed by atoms with E-state index in [-0.39, 0.29) is 17.9 Å². The van der Waals surface area contributed by atoms with Crippen LogP contribution in [0.1, 0.15) is 51.4 Å². The molecule has 2 rings (SSSR count). The van der Waals surface area contributed by atoms with Crippen LogP contribution in [0, 0.1) is 11.3 Å². The third kappa shape index (κ3) is 3.71. The van der Waals surface area contributed by atoms with Crippen molar-refractivity contribution in [2.45, 2.75) is 57.0 Å². The molecule has 0 saturated heterocycles. The predicted molar refractivity (Wildman–Crippen MR) is 75.4 cm³/mol. The number of carboxylic acid groups (broad SMARTS) is 1. The number of rotatable bonds is 6. The number of carbonyl (C=O) groups is 1. The fourth-order valence-corrected chi connectivity index (χ4v) is 3.66. The quantitative estimate of drug-likeness (QED) is 0.587. The number of aliphatic hydroxyl groups excluding tert-OH is 1. The molecule has 2 aliphatic rings. The second kappa shape index (κ2) is 6.41. The lowest BCUT2D eigenvalue weighted by Crippen LogP contribution is -2.47. The molecule has 5 heteroatoms. The maximum Gasteiger partial charge on any atom is 0.306 e. The van der Waals surface area contributed by atoms with Gasteiger partial charge in [-0.3, -0.25) is 4.79 Å². The summed E-state index contributed by atoms with van der Waals surface area (Å²) in [5.41, 5.74) is -0.782. The Morgan fingerprint density at radius 3 is 2.20 bits per heavy atom. The van der Waals surface area contributed by atoms with Crippen molar-refractivity contribution in [3.63, 3.8) is 0 Å². The van der Waals surface area contributed by atoms with E-state index in [2.05, 4.69) is 5.32 Å². The fourth-order valence-electron chi connectivity index (χ4n) is 3.66. The molecule has 0 aliphatic heterocycles. The Morgan fingerprint density at radius 2 is 1.70 bits per heavy atom. The Kier molecular flexibility index (Phi) is 5.04. The molecule has 2 saturated carbocycles. The zero-order valence-corrected chi connectivity index (χ0v) is 12.1. The Labute approximate surface area is 120 Å². The first-order valence-electron chi connectivity index (χ1n) is 7.75. The predicted octanol–water partition coefficient (Wildman–Crippen LogP) is 1.13. The SMILES string of the molecule is O=C(O)C1CCC(O)(CNCC2(CO)CCCC2)CC1. The van der Waals surface area contributed by atoms with Gasteiger partial charge >= 0.3 is 5.97 Å². The summed E-state index contributed by atoms with van der Waals surface area (Å²) < 4.78 is 0. The molecule has 0 spiro atoms. The highest BCUT2D eigenvalue weighted by molar-refractivity contribution is 5.70. The van der Waals surface area contributed by atoms with Gasteiger partial charge in [-0.25, -0.2) is 0 Å². The Bertz CT molecular complexity index is 331. The molecule has 0 amide bonds. The molecule has 2 aliphatic carbocycles. The lowest BCUT2D eigenvalue weighted by molar-refractivity contribution is -0.144. The van der Waals surface area contributed by atoms with Crippen molar-refractivity contribution in [1.29, 1.82) is 0 Å². The Morgan fingerprint density at radius 1 is 1.10 bits per heavy atom. The molecule has 0 radical (unpaired) electrons. The van der Waals surface area contributed by atoms with Gasteiger partial charge in [0.25, 0.3) is 0 Å². The van der Waals surface area contributed by atoms with Crippen LogP contribution in [0.5, 0.6) is 0 Å². The van der Waals surface area contributed by atoms with Crippen LogP contribution in [0.3, 0.4) is 0 Å². The van der Waals surface area contributed by atoms with Crippen LogP contribution in [0.15, 0.2) is 0 Å². The maximum absolute atomic E-state index is 10.9. The largest absolute Gasteiger partial charge is 0.481 e. The summed E-state index contributed by atoms with van der Waals surface area (Å²) in [6, 6.07) is 0. The third-order valence-electron chi connectivity index (χ3n) is 5.22. The second-order valence-corrected chi connectivity index (χ2v) is 6.81. The van der Waals surface area contributed by atoms with Crippen molar-refractivity contribution >= 4 is 5.97 Å². The van der Waals surface area contributed by atoms with E-state index in [0.29, 0.717) is 32.2 Å². The van der Waals surface area contributed by atoms with Crippen molar-refractivity contribution < 1.29 is 20.1 Å². The average Bonchev–Trinajstić information content (AvgIpc) is 2.88. The normalized spacial score (nSPS) is 33.2. The van der Waals surface area contributed by atoms with Crippen molar-refractivity contribution in [3.8, 4) is 0 Å². The number of hydrogen-bond donors (Lipinski definition) is 4. The van der Waals surface area contributed by atoms with Gasteiger partial charge < -0.3 is 20.6 Å². The first kappa shape index (κ1) is 15.7. The van der Waals surface area contributed by atoms with E-state index in [0.717, 1.165) is 19.4 Å². The van der Waals surface area contributed by atoms with Gasteiger partial charge in [0, 0.05) is 25.1 Å². The highest BCUT2D eigenvalue weighted by Gasteiger charge is 2.37. The lowest BCUT2D eigenvalue weighted by atomic mass is 9.78. The third-order valence-corrected chi connectivity index (χ3v) is 5.22. The number of aliphatic carboxylic acids is 1. The van der Waals surface area contributed by atoms with Crippen LogP contribution < -0.4 is 5.32 Å².